The van der Waals surface area contributed by atoms with Gasteiger partial charge >= 0.3 is 0 Å². The van der Waals surface area contributed by atoms with Gasteiger partial charge in [0.15, 0.2) is 0 Å². The van der Waals surface area contributed by atoms with E-state index in [0.717, 1.165) is 16.3 Å². The highest BCUT2D eigenvalue weighted by Gasteiger charge is 2.27. The van der Waals surface area contributed by atoms with E-state index in [-0.39, 0.29) is 11.9 Å². The molecule has 104 valence electrons. The van der Waals surface area contributed by atoms with E-state index in [1.54, 1.807) is 17.5 Å². The van der Waals surface area contributed by atoms with E-state index >= 15 is 0 Å². The first kappa shape index (κ1) is 13.2. The third-order valence-corrected chi connectivity index (χ3v) is 4.08. The second kappa shape index (κ2) is 5.70. The fourth-order valence-electron chi connectivity index (χ4n) is 2.21. The summed E-state index contributed by atoms with van der Waals surface area (Å²) in [7, 11) is 0. The zero-order valence-electron chi connectivity index (χ0n) is 10.7. The third kappa shape index (κ3) is 2.87. The number of carbonyl (C=O) groups is 1. The lowest BCUT2D eigenvalue weighted by Gasteiger charge is -2.11. The number of amides is 1. The minimum atomic E-state index is -0.432. The summed E-state index contributed by atoms with van der Waals surface area (Å²) in [5.41, 5.74) is 1.78. The molecule has 0 aliphatic carbocycles. The molecule has 5 nitrogen and oxygen atoms in total. The Balaban J connectivity index is 1.65. The van der Waals surface area contributed by atoms with Gasteiger partial charge in [-0.3, -0.25) is 4.79 Å². The number of hydrogen-bond acceptors (Lipinski definition) is 5. The van der Waals surface area contributed by atoms with Gasteiger partial charge in [-0.15, -0.1) is 11.3 Å². The number of rotatable bonds is 3. The molecule has 2 atom stereocenters. The number of aromatic nitrogens is 1. The van der Waals surface area contributed by atoms with Gasteiger partial charge in [0.05, 0.1) is 12.1 Å². The molecule has 1 amide bonds. The first-order valence-electron chi connectivity index (χ1n) is 6.44. The van der Waals surface area contributed by atoms with Crippen LogP contribution in [0.15, 0.2) is 35.8 Å². The van der Waals surface area contributed by atoms with Crippen LogP contribution in [-0.4, -0.2) is 34.7 Å². The third-order valence-electron chi connectivity index (χ3n) is 3.26. The predicted molar refractivity (Wildman–Crippen MR) is 78.6 cm³/mol. The smallest absolute Gasteiger partial charge is 0.241 e. The molecule has 3 N–H and O–H groups in total. The van der Waals surface area contributed by atoms with Crippen molar-refractivity contribution in [3.8, 4) is 10.6 Å². The standard InChI is InChI=1S/C14H15N3O2S/c18-11-7-12(16-8-11)13(19)17-10-3-1-9(2-4-10)14-15-5-6-20-14/h1-6,11-12,16,18H,7-8H2,(H,17,19). The number of β-amino-alcohol motifs (C(OH)–C–C–N with tert-alkyl or cyclic N) is 1. The average molecular weight is 289 g/mol. The Morgan fingerprint density at radius 2 is 2.20 bits per heavy atom. The van der Waals surface area contributed by atoms with Gasteiger partial charge in [0.25, 0.3) is 0 Å². The second-order valence-corrected chi connectivity index (χ2v) is 5.65. The van der Waals surface area contributed by atoms with Crippen LogP contribution in [0.2, 0.25) is 0 Å². The number of aliphatic hydroxyl groups excluding tert-OH is 1. The summed E-state index contributed by atoms with van der Waals surface area (Å²) in [6.45, 7) is 0.473. The highest BCUT2D eigenvalue weighted by Crippen LogP contribution is 2.23. The molecule has 3 rings (SSSR count). The molecule has 2 aromatic rings. The quantitative estimate of drug-likeness (QED) is 0.800. The topological polar surface area (TPSA) is 74.2 Å². The monoisotopic (exact) mass is 289 g/mol. The van der Waals surface area contributed by atoms with Gasteiger partial charge in [0, 0.05) is 29.4 Å². The van der Waals surface area contributed by atoms with Crippen LogP contribution in [-0.2, 0) is 4.79 Å². The van der Waals surface area contributed by atoms with Crippen LogP contribution < -0.4 is 10.6 Å². The molecule has 0 bridgehead atoms. The molecule has 1 aromatic heterocycles. The lowest BCUT2D eigenvalue weighted by Crippen LogP contribution is -2.35. The Bertz CT molecular complexity index is 583. The maximum Gasteiger partial charge on any atom is 0.241 e. The van der Waals surface area contributed by atoms with Gasteiger partial charge in [-0.2, -0.15) is 0 Å². The lowest BCUT2D eigenvalue weighted by molar-refractivity contribution is -0.117. The fourth-order valence-corrected chi connectivity index (χ4v) is 2.85. The normalized spacial score (nSPS) is 21.9. The van der Waals surface area contributed by atoms with Crippen LogP contribution >= 0.6 is 11.3 Å². The summed E-state index contributed by atoms with van der Waals surface area (Å²) in [6.07, 6.45) is 1.80. The molecule has 2 unspecified atom stereocenters. The Morgan fingerprint density at radius 1 is 1.40 bits per heavy atom. The van der Waals surface area contributed by atoms with E-state index in [9.17, 15) is 9.90 Å². The highest BCUT2D eigenvalue weighted by molar-refractivity contribution is 7.13. The maximum atomic E-state index is 12.0. The van der Waals surface area contributed by atoms with Crippen molar-refractivity contribution in [1.29, 1.82) is 0 Å². The van der Waals surface area contributed by atoms with Crippen molar-refractivity contribution < 1.29 is 9.90 Å². The Hall–Kier alpha value is -1.76. The van der Waals surface area contributed by atoms with Crippen molar-refractivity contribution >= 4 is 22.9 Å². The maximum absolute atomic E-state index is 12.0. The van der Waals surface area contributed by atoms with E-state index in [0.29, 0.717) is 13.0 Å². The summed E-state index contributed by atoms with van der Waals surface area (Å²) < 4.78 is 0. The van der Waals surface area contributed by atoms with Gasteiger partial charge in [0.2, 0.25) is 5.91 Å². The van der Waals surface area contributed by atoms with Gasteiger partial charge in [-0.25, -0.2) is 4.98 Å². The number of anilines is 1. The van der Waals surface area contributed by atoms with Gasteiger partial charge in [0.1, 0.15) is 5.01 Å². The van der Waals surface area contributed by atoms with Crippen molar-refractivity contribution in [3.63, 3.8) is 0 Å². The largest absolute Gasteiger partial charge is 0.392 e. The first-order valence-corrected chi connectivity index (χ1v) is 7.32. The molecule has 0 spiro atoms. The molecule has 6 heteroatoms. The van der Waals surface area contributed by atoms with E-state index in [1.807, 2.05) is 29.6 Å². The van der Waals surface area contributed by atoms with Crippen LogP contribution in [0.1, 0.15) is 6.42 Å². The average Bonchev–Trinajstić information content (AvgIpc) is 3.10. The predicted octanol–water partition coefficient (Wildman–Crippen LogP) is 1.47. The molecule has 20 heavy (non-hydrogen) atoms. The molecule has 0 radical (unpaired) electrons. The second-order valence-electron chi connectivity index (χ2n) is 4.75. The Kier molecular flexibility index (Phi) is 3.77. The minimum absolute atomic E-state index is 0.108. The van der Waals surface area contributed by atoms with Crippen molar-refractivity contribution in [1.82, 2.24) is 10.3 Å². The summed E-state index contributed by atoms with van der Waals surface area (Å²) in [5.74, 6) is -0.108. The van der Waals surface area contributed by atoms with Crippen molar-refractivity contribution in [3.05, 3.63) is 35.8 Å². The van der Waals surface area contributed by atoms with Crippen LogP contribution in [0.4, 0.5) is 5.69 Å². The number of aliphatic hydroxyl groups is 1. The molecule has 1 aromatic carbocycles. The van der Waals surface area contributed by atoms with E-state index in [1.165, 1.54) is 0 Å². The fraction of sp³-hybridized carbons (Fsp3) is 0.286. The highest BCUT2D eigenvalue weighted by atomic mass is 32.1. The van der Waals surface area contributed by atoms with E-state index in [4.69, 9.17) is 0 Å². The van der Waals surface area contributed by atoms with Crippen molar-refractivity contribution in [2.45, 2.75) is 18.6 Å². The molecular formula is C14H15N3O2S. The van der Waals surface area contributed by atoms with E-state index in [2.05, 4.69) is 15.6 Å². The summed E-state index contributed by atoms with van der Waals surface area (Å²) in [4.78, 5) is 16.2. The van der Waals surface area contributed by atoms with E-state index < -0.39 is 6.10 Å². The van der Waals surface area contributed by atoms with Crippen LogP contribution in [0.5, 0.6) is 0 Å². The van der Waals surface area contributed by atoms with Crippen molar-refractivity contribution in [2.75, 3.05) is 11.9 Å². The number of hydrogen-bond donors (Lipinski definition) is 3. The van der Waals surface area contributed by atoms with Gasteiger partial charge < -0.3 is 15.7 Å². The minimum Gasteiger partial charge on any atom is -0.392 e. The Labute approximate surface area is 120 Å². The lowest BCUT2D eigenvalue weighted by atomic mass is 10.1. The summed E-state index contributed by atoms with van der Waals surface area (Å²) >= 11 is 1.58. The zero-order chi connectivity index (χ0) is 13.9. The molecule has 1 aliphatic heterocycles. The summed E-state index contributed by atoms with van der Waals surface area (Å²) in [6, 6.07) is 7.28. The molecule has 2 heterocycles. The number of carbonyl (C=O) groups excluding carboxylic acids is 1. The number of nitrogens with zero attached hydrogens (tertiary/aromatic N) is 1. The molecule has 0 saturated carbocycles. The SMILES string of the molecule is O=C(Nc1ccc(-c2nccs2)cc1)C1CC(O)CN1. The van der Waals surface area contributed by atoms with Gasteiger partial charge in [-0.1, -0.05) is 0 Å². The number of nitrogens with one attached hydrogen (secondary N) is 2. The van der Waals surface area contributed by atoms with Crippen LogP contribution in [0.3, 0.4) is 0 Å². The first-order chi connectivity index (χ1) is 9.72. The van der Waals surface area contributed by atoms with Gasteiger partial charge in [-0.05, 0) is 30.7 Å². The molecular weight excluding hydrogens is 274 g/mol. The molecule has 1 saturated heterocycles. The number of thiazole rings is 1. The number of benzene rings is 1. The zero-order valence-corrected chi connectivity index (χ0v) is 11.6. The van der Waals surface area contributed by atoms with Crippen molar-refractivity contribution in [2.24, 2.45) is 0 Å². The Morgan fingerprint density at radius 3 is 2.80 bits per heavy atom. The summed E-state index contributed by atoms with van der Waals surface area (Å²) in [5, 5.41) is 18.1. The molecule has 1 fully saturated rings. The van der Waals surface area contributed by atoms with Crippen LogP contribution in [0.25, 0.3) is 10.6 Å². The van der Waals surface area contributed by atoms with Crippen LogP contribution in [0, 0.1) is 0 Å². The molecule has 1 aliphatic rings.